The van der Waals surface area contributed by atoms with Crippen LogP contribution in [0.1, 0.15) is 32.0 Å². The molecule has 6 rings (SSSR count). The summed E-state index contributed by atoms with van der Waals surface area (Å²) in [5, 5.41) is 21.8. The van der Waals surface area contributed by atoms with Crippen molar-refractivity contribution in [2.45, 2.75) is 13.8 Å². The van der Waals surface area contributed by atoms with Gasteiger partial charge in [0.15, 0.2) is 0 Å². The van der Waals surface area contributed by atoms with Crippen molar-refractivity contribution in [3.8, 4) is 0 Å². The Morgan fingerprint density at radius 1 is 0.526 bits per heavy atom. The summed E-state index contributed by atoms with van der Waals surface area (Å²) in [5.74, 6) is 0. The van der Waals surface area contributed by atoms with Gasteiger partial charge < -0.3 is 0 Å². The van der Waals surface area contributed by atoms with Gasteiger partial charge in [-0.15, -0.1) is 45.3 Å². The van der Waals surface area contributed by atoms with Crippen molar-refractivity contribution < 1.29 is 9.85 Å². The van der Waals surface area contributed by atoms with Crippen LogP contribution in [0.3, 0.4) is 0 Å². The summed E-state index contributed by atoms with van der Waals surface area (Å²) in [5.41, 5.74) is 4.56. The summed E-state index contributed by atoms with van der Waals surface area (Å²) in [4.78, 5) is 23.4. The van der Waals surface area contributed by atoms with Crippen molar-refractivity contribution >= 4 is 109 Å². The van der Waals surface area contributed by atoms with Crippen LogP contribution in [-0.2, 0) is 0 Å². The topological polar surface area (TPSA) is 86.3 Å². The van der Waals surface area contributed by atoms with Crippen molar-refractivity contribution in [1.29, 1.82) is 0 Å². The lowest BCUT2D eigenvalue weighted by Gasteiger charge is -1.95. The van der Waals surface area contributed by atoms with E-state index in [1.165, 1.54) is 73.3 Å². The molecule has 0 amide bonds. The molecule has 0 aliphatic rings. The molecule has 188 valence electrons. The van der Waals surface area contributed by atoms with Crippen LogP contribution < -0.4 is 0 Å². The van der Waals surface area contributed by atoms with E-state index in [1.807, 2.05) is 34.8 Å². The number of benzene rings is 2. The van der Waals surface area contributed by atoms with Gasteiger partial charge in [-0.2, -0.15) is 0 Å². The number of hydrogen-bond donors (Lipinski definition) is 0. The second kappa shape index (κ2) is 9.55. The molecule has 38 heavy (non-hydrogen) atoms. The number of hydrogen-bond acceptors (Lipinski definition) is 8. The highest BCUT2D eigenvalue weighted by Gasteiger charge is 2.20. The second-order valence-electron chi connectivity index (χ2n) is 8.73. The SMILES string of the molecule is Cc1c(/C=C/c2ccc([N+](=O)[O-])cc2)sc2c1sc1c3sc(/C=C/c4ccc([N+](=O)[O-])cc4)c(C)c3sc21. The van der Waals surface area contributed by atoms with E-state index in [9.17, 15) is 20.2 Å². The normalized spacial score (nSPS) is 12.2. The fraction of sp³-hybridized carbons (Fsp3) is 0.0714. The molecule has 0 aliphatic heterocycles. The highest BCUT2D eigenvalue weighted by Crippen LogP contribution is 2.52. The Labute approximate surface area is 232 Å². The van der Waals surface area contributed by atoms with Crippen LogP contribution in [0.15, 0.2) is 48.5 Å². The number of non-ortho nitro benzene ring substituents is 2. The van der Waals surface area contributed by atoms with E-state index in [-0.39, 0.29) is 21.2 Å². The Balaban J connectivity index is 1.31. The summed E-state index contributed by atoms with van der Waals surface area (Å²) >= 11 is 7.29. The van der Waals surface area contributed by atoms with E-state index in [2.05, 4.69) is 26.0 Å². The number of nitrogens with zero attached hydrogens (tertiary/aromatic N) is 2. The number of aryl methyl sites for hydroxylation is 2. The molecule has 0 aliphatic carbocycles. The summed E-state index contributed by atoms with van der Waals surface area (Å²) in [6, 6.07) is 13.2. The first-order chi connectivity index (χ1) is 18.3. The minimum atomic E-state index is -0.387. The molecular formula is C28H18N2O4S4. The van der Waals surface area contributed by atoms with E-state index in [0.29, 0.717) is 0 Å². The average Bonchev–Trinajstić information content (AvgIpc) is 3.61. The Bertz CT molecular complexity index is 1790. The minimum Gasteiger partial charge on any atom is -0.258 e. The molecule has 0 saturated carbocycles. The third-order valence-corrected chi connectivity index (χ3v) is 12.2. The lowest BCUT2D eigenvalue weighted by Crippen LogP contribution is -1.86. The van der Waals surface area contributed by atoms with Crippen molar-refractivity contribution in [2.24, 2.45) is 0 Å². The van der Waals surface area contributed by atoms with Gasteiger partial charge in [0.2, 0.25) is 0 Å². The highest BCUT2D eigenvalue weighted by atomic mass is 32.1. The smallest absolute Gasteiger partial charge is 0.258 e. The average molecular weight is 575 g/mol. The molecule has 6 nitrogen and oxygen atoms in total. The van der Waals surface area contributed by atoms with Gasteiger partial charge in [-0.1, -0.05) is 12.2 Å². The van der Waals surface area contributed by atoms with Crippen LogP contribution in [0, 0.1) is 34.1 Å². The fourth-order valence-electron chi connectivity index (χ4n) is 4.25. The Kier molecular flexibility index (Phi) is 6.19. The Hall–Kier alpha value is -3.70. The van der Waals surface area contributed by atoms with Gasteiger partial charge in [-0.05, 0) is 72.5 Å². The lowest BCUT2D eigenvalue weighted by atomic mass is 10.1. The highest BCUT2D eigenvalue weighted by molar-refractivity contribution is 7.44. The van der Waals surface area contributed by atoms with E-state index < -0.39 is 0 Å². The molecule has 0 spiro atoms. The van der Waals surface area contributed by atoms with Crippen LogP contribution in [0.2, 0.25) is 0 Å². The zero-order valence-electron chi connectivity index (χ0n) is 20.1. The van der Waals surface area contributed by atoms with Gasteiger partial charge in [0.05, 0.1) is 38.0 Å². The van der Waals surface area contributed by atoms with Crippen molar-refractivity contribution in [3.63, 3.8) is 0 Å². The lowest BCUT2D eigenvalue weighted by molar-refractivity contribution is -0.385. The van der Waals surface area contributed by atoms with Gasteiger partial charge in [0.25, 0.3) is 11.4 Å². The minimum absolute atomic E-state index is 0.0929. The van der Waals surface area contributed by atoms with E-state index >= 15 is 0 Å². The first-order valence-electron chi connectivity index (χ1n) is 11.5. The first-order valence-corrected chi connectivity index (χ1v) is 14.8. The third kappa shape index (κ3) is 4.25. The molecule has 0 saturated heterocycles. The van der Waals surface area contributed by atoms with Gasteiger partial charge in [-0.25, -0.2) is 0 Å². The maximum Gasteiger partial charge on any atom is 0.269 e. The Morgan fingerprint density at radius 3 is 1.21 bits per heavy atom. The van der Waals surface area contributed by atoms with E-state index in [0.717, 1.165) is 11.1 Å². The fourth-order valence-corrected chi connectivity index (χ4v) is 10.1. The molecule has 0 unspecified atom stereocenters. The maximum atomic E-state index is 10.9. The van der Waals surface area contributed by atoms with Crippen LogP contribution in [0.4, 0.5) is 11.4 Å². The predicted molar refractivity (Wildman–Crippen MR) is 164 cm³/mol. The zero-order chi connectivity index (χ0) is 26.6. The second-order valence-corrected chi connectivity index (χ2v) is 12.9. The monoisotopic (exact) mass is 574 g/mol. The summed E-state index contributed by atoms with van der Waals surface area (Å²) < 4.78 is 7.95. The van der Waals surface area contributed by atoms with Gasteiger partial charge in [0, 0.05) is 34.0 Å². The predicted octanol–water partition coefficient (Wildman–Crippen LogP) is 10.2. The quantitative estimate of drug-likeness (QED) is 0.146. The number of rotatable bonds is 6. The van der Waals surface area contributed by atoms with Crippen molar-refractivity contribution in [3.05, 3.63) is 101 Å². The molecule has 2 aromatic carbocycles. The van der Waals surface area contributed by atoms with Crippen LogP contribution in [-0.4, -0.2) is 9.85 Å². The maximum absolute atomic E-state index is 10.9. The third-order valence-electron chi connectivity index (χ3n) is 6.35. The van der Waals surface area contributed by atoms with Gasteiger partial charge in [0.1, 0.15) is 0 Å². The molecule has 0 fully saturated rings. The molecular weight excluding hydrogens is 557 g/mol. The van der Waals surface area contributed by atoms with Crippen LogP contribution in [0.25, 0.3) is 52.5 Å². The molecule has 4 heterocycles. The van der Waals surface area contributed by atoms with E-state index in [4.69, 9.17) is 0 Å². The van der Waals surface area contributed by atoms with Crippen LogP contribution >= 0.6 is 45.3 Å². The Morgan fingerprint density at radius 2 is 0.868 bits per heavy atom. The molecule has 0 radical (unpaired) electrons. The zero-order valence-corrected chi connectivity index (χ0v) is 23.4. The number of nitro benzene ring substituents is 2. The van der Waals surface area contributed by atoms with Crippen molar-refractivity contribution in [2.75, 3.05) is 0 Å². The first kappa shape index (κ1) is 24.6. The molecule has 10 heteroatoms. The molecule has 4 aromatic heterocycles. The largest absolute Gasteiger partial charge is 0.269 e. The molecule has 0 bridgehead atoms. The standard InChI is InChI=1S/C28H18N2O4S4/c1-15-21(13-7-17-3-9-19(10-4-17)29(31)32)35-25-23(15)37-28-26-24(38-27(25)28)16(2)22(36-26)14-8-18-5-11-20(12-6-18)30(33)34/h3-14H,1-2H3/b13-7+,14-8+. The van der Waals surface area contributed by atoms with Gasteiger partial charge in [-0.3, -0.25) is 20.2 Å². The van der Waals surface area contributed by atoms with Gasteiger partial charge >= 0.3 is 0 Å². The number of thiophene rings is 4. The molecule has 6 aromatic rings. The van der Waals surface area contributed by atoms with Crippen LogP contribution in [0.5, 0.6) is 0 Å². The molecule has 0 N–H and O–H groups in total. The number of nitro groups is 2. The van der Waals surface area contributed by atoms with Crippen molar-refractivity contribution in [1.82, 2.24) is 0 Å². The van der Waals surface area contributed by atoms with E-state index in [1.54, 1.807) is 46.9 Å². The summed E-state index contributed by atoms with van der Waals surface area (Å²) in [6.07, 6.45) is 8.21. The number of fused-ring (bicyclic) bond motifs is 5. The summed E-state index contributed by atoms with van der Waals surface area (Å²) in [6.45, 7) is 4.31. The molecule has 0 atom stereocenters. The summed E-state index contributed by atoms with van der Waals surface area (Å²) in [7, 11) is 0.